The van der Waals surface area contributed by atoms with Crippen LogP contribution in [0.4, 0.5) is 0 Å². The fraction of sp³-hybridized carbons (Fsp3) is 0.400. The van der Waals surface area contributed by atoms with E-state index < -0.39 is 34.6 Å². The molecule has 1 saturated heterocycles. The third kappa shape index (κ3) is 5.58. The van der Waals surface area contributed by atoms with Gasteiger partial charge in [-0.1, -0.05) is 68.4 Å². The number of hydrogen-bond donors (Lipinski definition) is 1. The van der Waals surface area contributed by atoms with Crippen LogP contribution in [0.15, 0.2) is 54.6 Å². The number of carbonyl (C=O) groups excluding carboxylic acids is 3. The maximum absolute atomic E-state index is 12.9. The van der Waals surface area contributed by atoms with Crippen molar-refractivity contribution in [3.8, 4) is 11.1 Å². The van der Waals surface area contributed by atoms with Gasteiger partial charge >= 0.3 is 5.97 Å². The maximum atomic E-state index is 12.9. The highest BCUT2D eigenvalue weighted by Crippen LogP contribution is 2.30. The van der Waals surface area contributed by atoms with E-state index in [-0.39, 0.29) is 12.5 Å². The van der Waals surface area contributed by atoms with Crippen molar-refractivity contribution in [3.05, 3.63) is 60.2 Å². The molecule has 0 saturated carbocycles. The van der Waals surface area contributed by atoms with E-state index in [1.807, 2.05) is 44.2 Å². The zero-order valence-corrected chi connectivity index (χ0v) is 19.4. The van der Waals surface area contributed by atoms with E-state index in [0.29, 0.717) is 12.2 Å². The Bertz CT molecular complexity index is 960. The Labute approximate surface area is 192 Å². The van der Waals surface area contributed by atoms with Gasteiger partial charge in [-0.05, 0) is 36.0 Å². The second-order valence-corrected chi connectivity index (χ2v) is 9.73. The smallest absolute Gasteiger partial charge is 0.319 e. The zero-order valence-electron chi connectivity index (χ0n) is 18.6. The zero-order chi connectivity index (χ0) is 23.3. The Hall–Kier alpha value is -2.64. The summed E-state index contributed by atoms with van der Waals surface area (Å²) >= 11 is 1.46. The van der Waals surface area contributed by atoms with E-state index in [1.165, 1.54) is 18.7 Å². The molecule has 2 aromatic rings. The van der Waals surface area contributed by atoms with Gasteiger partial charge in [-0.25, -0.2) is 0 Å². The summed E-state index contributed by atoms with van der Waals surface area (Å²) in [6, 6.07) is 18.3. The molecule has 1 heterocycles. The molecular weight excluding hydrogens is 426 g/mol. The van der Waals surface area contributed by atoms with Gasteiger partial charge in [0.2, 0.25) is 5.78 Å². The molecule has 1 amide bonds. The van der Waals surface area contributed by atoms with E-state index in [9.17, 15) is 14.4 Å². The summed E-state index contributed by atoms with van der Waals surface area (Å²) in [5.74, 6) is -0.944. The van der Waals surface area contributed by atoms with Gasteiger partial charge in [0.1, 0.15) is 11.9 Å². The van der Waals surface area contributed by atoms with Crippen molar-refractivity contribution in [2.75, 3.05) is 6.61 Å². The van der Waals surface area contributed by atoms with Gasteiger partial charge in [0, 0.05) is 5.75 Å². The fourth-order valence-electron chi connectivity index (χ4n) is 3.53. The van der Waals surface area contributed by atoms with Gasteiger partial charge < -0.3 is 15.2 Å². The third-order valence-electron chi connectivity index (χ3n) is 5.49. The summed E-state index contributed by atoms with van der Waals surface area (Å²) in [4.78, 5) is 36.9. The van der Waals surface area contributed by atoms with Crippen molar-refractivity contribution >= 4 is 29.4 Å². The molecule has 3 atom stereocenters. The van der Waals surface area contributed by atoms with E-state index in [4.69, 9.17) is 15.2 Å². The van der Waals surface area contributed by atoms with Gasteiger partial charge in [0.15, 0.2) is 11.7 Å². The molecule has 3 unspecified atom stereocenters. The first-order valence-corrected chi connectivity index (χ1v) is 11.7. The fourth-order valence-corrected chi connectivity index (χ4v) is 4.83. The number of rotatable bonds is 9. The Morgan fingerprint density at radius 2 is 1.75 bits per heavy atom. The number of ether oxygens (including phenoxy) is 2. The molecule has 0 aromatic heterocycles. The number of hydrogen-bond acceptors (Lipinski definition) is 6. The largest absolute Gasteiger partial charge is 0.450 e. The second-order valence-electron chi connectivity index (χ2n) is 8.54. The standard InChI is InChI=1S/C25H29NO5S/c1-16(2)13-21(23(28)31-22-20(27)14-30-25(22,3)24(26)29)32-15-17-9-11-19(12-10-17)18-7-5-4-6-8-18/h4-12,16,21-22H,13-15H2,1-3H3,(H2,26,29). The molecule has 0 radical (unpaired) electrons. The minimum atomic E-state index is -1.63. The number of ketones is 1. The van der Waals surface area contributed by atoms with Crippen LogP contribution >= 0.6 is 11.8 Å². The molecule has 1 aliphatic rings. The van der Waals surface area contributed by atoms with Gasteiger partial charge in [0.05, 0.1) is 0 Å². The first-order chi connectivity index (χ1) is 15.2. The lowest BCUT2D eigenvalue weighted by atomic mass is 9.97. The normalized spacial score (nSPS) is 21.5. The number of primary amides is 1. The minimum absolute atomic E-state index is 0.249. The predicted molar refractivity (Wildman–Crippen MR) is 125 cm³/mol. The number of esters is 1. The van der Waals surface area contributed by atoms with Crippen molar-refractivity contribution in [1.29, 1.82) is 0 Å². The molecule has 170 valence electrons. The van der Waals surface area contributed by atoms with Gasteiger partial charge in [-0.3, -0.25) is 14.4 Å². The lowest BCUT2D eigenvalue weighted by Crippen LogP contribution is -2.52. The van der Waals surface area contributed by atoms with Crippen molar-refractivity contribution < 1.29 is 23.9 Å². The van der Waals surface area contributed by atoms with Gasteiger partial charge in [-0.2, -0.15) is 0 Å². The SMILES string of the molecule is CC(C)CC(SCc1ccc(-c2ccccc2)cc1)C(=O)OC1C(=O)COC1(C)C(N)=O. The molecule has 2 aromatic carbocycles. The van der Waals surface area contributed by atoms with Gasteiger partial charge in [-0.15, -0.1) is 11.8 Å². The minimum Gasteiger partial charge on any atom is -0.450 e. The quantitative estimate of drug-likeness (QED) is 0.579. The summed E-state index contributed by atoms with van der Waals surface area (Å²) in [5, 5.41) is -0.477. The van der Waals surface area contributed by atoms with E-state index in [0.717, 1.165) is 16.7 Å². The maximum Gasteiger partial charge on any atom is 0.319 e. The second kappa shape index (κ2) is 10.3. The lowest BCUT2D eigenvalue weighted by Gasteiger charge is -2.27. The number of carbonyl (C=O) groups is 3. The van der Waals surface area contributed by atoms with Crippen LogP contribution in [0, 0.1) is 5.92 Å². The highest BCUT2D eigenvalue weighted by molar-refractivity contribution is 7.99. The van der Waals surface area contributed by atoms with Crippen molar-refractivity contribution in [1.82, 2.24) is 0 Å². The first kappa shape index (κ1) is 24.0. The molecule has 7 heteroatoms. The Morgan fingerprint density at radius 1 is 1.12 bits per heavy atom. The third-order valence-corrected chi connectivity index (χ3v) is 6.78. The van der Waals surface area contributed by atoms with Crippen molar-refractivity contribution in [3.63, 3.8) is 0 Å². The average Bonchev–Trinajstić information content (AvgIpc) is 3.07. The number of amides is 1. The average molecular weight is 456 g/mol. The molecule has 32 heavy (non-hydrogen) atoms. The molecule has 0 aliphatic carbocycles. The predicted octanol–water partition coefficient (Wildman–Crippen LogP) is 3.76. The lowest BCUT2D eigenvalue weighted by molar-refractivity contribution is -0.165. The summed E-state index contributed by atoms with van der Waals surface area (Å²) in [6.07, 6.45) is -0.728. The molecule has 3 rings (SSSR count). The molecular formula is C25H29NO5S. The van der Waals surface area contributed by atoms with Crippen LogP contribution in [0.25, 0.3) is 11.1 Å². The van der Waals surface area contributed by atoms with Gasteiger partial charge in [0.25, 0.3) is 5.91 Å². The summed E-state index contributed by atoms with van der Waals surface area (Å²) < 4.78 is 10.8. The van der Waals surface area contributed by atoms with Crippen LogP contribution in [0.5, 0.6) is 0 Å². The number of thioether (sulfide) groups is 1. The van der Waals surface area contributed by atoms with Crippen LogP contribution in [-0.4, -0.2) is 41.2 Å². The van der Waals surface area contributed by atoms with E-state index in [1.54, 1.807) is 0 Å². The van der Waals surface area contributed by atoms with E-state index >= 15 is 0 Å². The number of benzene rings is 2. The monoisotopic (exact) mass is 455 g/mol. The highest BCUT2D eigenvalue weighted by atomic mass is 32.2. The van der Waals surface area contributed by atoms with Crippen molar-refractivity contribution in [2.24, 2.45) is 11.7 Å². The van der Waals surface area contributed by atoms with Crippen LogP contribution in [0.2, 0.25) is 0 Å². The Morgan fingerprint density at radius 3 is 2.34 bits per heavy atom. The summed E-state index contributed by atoms with van der Waals surface area (Å²) in [5.41, 5.74) is 7.12. The number of nitrogens with two attached hydrogens (primary N) is 1. The summed E-state index contributed by atoms with van der Waals surface area (Å²) in [6.45, 7) is 5.13. The molecule has 0 spiro atoms. The molecule has 6 nitrogen and oxygen atoms in total. The van der Waals surface area contributed by atoms with Crippen molar-refractivity contribution in [2.45, 2.75) is 49.9 Å². The van der Waals surface area contributed by atoms with Crippen LogP contribution in [0.3, 0.4) is 0 Å². The molecule has 0 bridgehead atoms. The molecule has 2 N–H and O–H groups in total. The number of Topliss-reactive ketones (excluding diaryl/α,β-unsaturated/α-hetero) is 1. The molecule has 1 fully saturated rings. The van der Waals surface area contributed by atoms with Crippen LogP contribution < -0.4 is 5.73 Å². The first-order valence-electron chi connectivity index (χ1n) is 10.6. The van der Waals surface area contributed by atoms with Crippen LogP contribution in [0.1, 0.15) is 32.8 Å². The topological polar surface area (TPSA) is 95.7 Å². The molecule has 1 aliphatic heterocycles. The van der Waals surface area contributed by atoms with E-state index in [2.05, 4.69) is 24.3 Å². The summed E-state index contributed by atoms with van der Waals surface area (Å²) in [7, 11) is 0. The van der Waals surface area contributed by atoms with Crippen LogP contribution in [-0.2, 0) is 29.6 Å². The Balaban J connectivity index is 1.67. The highest BCUT2D eigenvalue weighted by Gasteiger charge is 2.53. The Kier molecular flexibility index (Phi) is 7.74.